The number of hydrogen-bond donors (Lipinski definition) is 0. The fourth-order valence-electron chi connectivity index (χ4n) is 2.97. The van der Waals surface area contributed by atoms with Gasteiger partial charge in [0.05, 0.1) is 0 Å². The van der Waals surface area contributed by atoms with E-state index in [-0.39, 0.29) is 0 Å². The smallest absolute Gasteiger partial charge is 0.000186 e. The van der Waals surface area contributed by atoms with Gasteiger partial charge in [0.1, 0.15) is 0 Å². The number of benzene rings is 2. The van der Waals surface area contributed by atoms with Crippen molar-refractivity contribution in [3.63, 3.8) is 0 Å². The lowest BCUT2D eigenvalue weighted by atomic mass is 9.91. The van der Waals surface area contributed by atoms with Gasteiger partial charge in [0.15, 0.2) is 0 Å². The minimum absolute atomic E-state index is 0.440. The summed E-state index contributed by atoms with van der Waals surface area (Å²) in [6, 6.07) is 13.0. The number of hydrogen-bond acceptors (Lipinski definition) is 0. The lowest BCUT2D eigenvalue weighted by Gasteiger charge is -2.14. The average Bonchev–Trinajstić information content (AvgIpc) is 2.38. The molecule has 0 bridgehead atoms. The van der Waals surface area contributed by atoms with Gasteiger partial charge in [0, 0.05) is 0 Å². The highest BCUT2D eigenvalue weighted by atomic mass is 14.1. The van der Waals surface area contributed by atoms with Crippen molar-refractivity contribution in [2.75, 3.05) is 0 Å². The SMILES string of the molecule is Cc1cccc(C)c1/C=C/C(C)c1c(C)cccc1C. The summed E-state index contributed by atoms with van der Waals surface area (Å²) in [6.45, 7) is 11.0. The third kappa shape index (κ3) is 3.01. The lowest BCUT2D eigenvalue weighted by Crippen LogP contribution is -1.97. The van der Waals surface area contributed by atoms with Crippen LogP contribution in [0.1, 0.15) is 46.2 Å². The molecule has 104 valence electrons. The van der Waals surface area contributed by atoms with E-state index in [0.717, 1.165) is 0 Å². The second-order valence-corrected chi connectivity index (χ2v) is 5.76. The molecule has 2 aromatic rings. The van der Waals surface area contributed by atoms with Crippen LogP contribution in [0.15, 0.2) is 42.5 Å². The zero-order valence-corrected chi connectivity index (χ0v) is 13.2. The Labute approximate surface area is 123 Å². The number of allylic oxidation sites excluding steroid dienone is 1. The number of rotatable bonds is 3. The van der Waals surface area contributed by atoms with Crippen molar-refractivity contribution in [3.8, 4) is 0 Å². The van der Waals surface area contributed by atoms with Gasteiger partial charge in [-0.2, -0.15) is 0 Å². The van der Waals surface area contributed by atoms with Crippen LogP contribution in [0.2, 0.25) is 0 Å². The first kappa shape index (κ1) is 14.6. The first-order chi connectivity index (χ1) is 9.50. The summed E-state index contributed by atoms with van der Waals surface area (Å²) in [5.74, 6) is 0.440. The maximum absolute atomic E-state index is 2.32. The van der Waals surface area contributed by atoms with Crippen molar-refractivity contribution in [1.82, 2.24) is 0 Å². The summed E-state index contributed by atoms with van der Waals surface area (Å²) in [7, 11) is 0. The molecule has 0 amide bonds. The Morgan fingerprint density at radius 3 is 1.70 bits per heavy atom. The van der Waals surface area contributed by atoms with Crippen LogP contribution in [0.5, 0.6) is 0 Å². The molecule has 0 N–H and O–H groups in total. The van der Waals surface area contributed by atoms with Crippen LogP contribution in [-0.4, -0.2) is 0 Å². The fraction of sp³-hybridized carbons (Fsp3) is 0.300. The van der Waals surface area contributed by atoms with Crippen LogP contribution < -0.4 is 0 Å². The van der Waals surface area contributed by atoms with Gasteiger partial charge in [-0.25, -0.2) is 0 Å². The normalized spacial score (nSPS) is 12.8. The van der Waals surface area contributed by atoms with Gasteiger partial charge >= 0.3 is 0 Å². The molecule has 0 aliphatic rings. The molecule has 0 heteroatoms. The molecular weight excluding hydrogens is 240 g/mol. The summed E-state index contributed by atoms with van der Waals surface area (Å²) in [4.78, 5) is 0. The van der Waals surface area contributed by atoms with E-state index < -0.39 is 0 Å². The molecule has 0 saturated heterocycles. The molecule has 1 atom stereocenters. The third-order valence-electron chi connectivity index (χ3n) is 4.09. The Kier molecular flexibility index (Phi) is 4.44. The van der Waals surface area contributed by atoms with E-state index in [1.807, 2.05) is 0 Å². The van der Waals surface area contributed by atoms with Crippen molar-refractivity contribution in [2.45, 2.75) is 40.5 Å². The molecular formula is C20H24. The maximum Gasteiger partial charge on any atom is -0.000186 e. The topological polar surface area (TPSA) is 0 Å². The molecule has 0 aliphatic heterocycles. The Balaban J connectivity index is 2.32. The van der Waals surface area contributed by atoms with Gasteiger partial charge in [0.25, 0.3) is 0 Å². The van der Waals surface area contributed by atoms with Gasteiger partial charge < -0.3 is 0 Å². The second kappa shape index (κ2) is 6.09. The fourth-order valence-corrected chi connectivity index (χ4v) is 2.97. The van der Waals surface area contributed by atoms with E-state index in [2.05, 4.69) is 83.2 Å². The van der Waals surface area contributed by atoms with Crippen LogP contribution in [0, 0.1) is 27.7 Å². The molecule has 20 heavy (non-hydrogen) atoms. The molecule has 0 spiro atoms. The van der Waals surface area contributed by atoms with Gasteiger partial charge in [0.2, 0.25) is 0 Å². The van der Waals surface area contributed by atoms with Crippen LogP contribution in [0.25, 0.3) is 6.08 Å². The molecule has 0 radical (unpaired) electrons. The Morgan fingerprint density at radius 2 is 1.20 bits per heavy atom. The zero-order chi connectivity index (χ0) is 14.7. The largest absolute Gasteiger partial charge is 0.0767 e. The quantitative estimate of drug-likeness (QED) is 0.663. The van der Waals surface area contributed by atoms with E-state index in [0.29, 0.717) is 5.92 Å². The van der Waals surface area contributed by atoms with Crippen molar-refractivity contribution >= 4 is 6.08 Å². The minimum Gasteiger partial charge on any atom is -0.0767 e. The predicted molar refractivity (Wildman–Crippen MR) is 89.3 cm³/mol. The maximum atomic E-state index is 2.32. The molecule has 0 aliphatic carbocycles. The van der Waals surface area contributed by atoms with Crippen molar-refractivity contribution in [3.05, 3.63) is 75.9 Å². The van der Waals surface area contributed by atoms with Gasteiger partial charge in [-0.3, -0.25) is 0 Å². The first-order valence-corrected chi connectivity index (χ1v) is 7.31. The molecule has 0 heterocycles. The average molecular weight is 264 g/mol. The Hall–Kier alpha value is -1.82. The lowest BCUT2D eigenvalue weighted by molar-refractivity contribution is 0.941. The van der Waals surface area contributed by atoms with Gasteiger partial charge in [-0.05, 0) is 67.0 Å². The Bertz CT molecular complexity index is 592. The summed E-state index contributed by atoms with van der Waals surface area (Å²) < 4.78 is 0. The highest BCUT2D eigenvalue weighted by Gasteiger charge is 2.08. The molecule has 1 unspecified atom stereocenters. The summed E-state index contributed by atoms with van der Waals surface area (Å²) in [5.41, 5.74) is 8.25. The highest BCUT2D eigenvalue weighted by Crippen LogP contribution is 2.26. The van der Waals surface area contributed by atoms with E-state index in [4.69, 9.17) is 0 Å². The third-order valence-corrected chi connectivity index (χ3v) is 4.09. The van der Waals surface area contributed by atoms with E-state index in [1.165, 1.54) is 33.4 Å². The molecule has 0 aromatic heterocycles. The van der Waals surface area contributed by atoms with E-state index >= 15 is 0 Å². The van der Waals surface area contributed by atoms with Crippen LogP contribution in [0.3, 0.4) is 0 Å². The molecule has 2 aromatic carbocycles. The number of aryl methyl sites for hydroxylation is 4. The highest BCUT2D eigenvalue weighted by molar-refractivity contribution is 5.58. The monoisotopic (exact) mass is 264 g/mol. The molecule has 2 rings (SSSR count). The second-order valence-electron chi connectivity index (χ2n) is 5.76. The summed E-state index contributed by atoms with van der Waals surface area (Å²) in [6.07, 6.45) is 4.60. The van der Waals surface area contributed by atoms with Crippen LogP contribution in [0.4, 0.5) is 0 Å². The van der Waals surface area contributed by atoms with Crippen LogP contribution >= 0.6 is 0 Å². The van der Waals surface area contributed by atoms with Crippen LogP contribution in [-0.2, 0) is 0 Å². The summed E-state index contributed by atoms with van der Waals surface area (Å²) in [5, 5.41) is 0. The standard InChI is InChI=1S/C20H24/c1-14-8-6-9-15(2)19(14)13-12-18(5)20-16(3)10-7-11-17(20)4/h6-13,18H,1-5H3/b13-12+. The van der Waals surface area contributed by atoms with E-state index in [1.54, 1.807) is 0 Å². The molecule has 0 nitrogen and oxygen atoms in total. The minimum atomic E-state index is 0.440. The molecule has 0 saturated carbocycles. The first-order valence-electron chi connectivity index (χ1n) is 7.31. The summed E-state index contributed by atoms with van der Waals surface area (Å²) >= 11 is 0. The van der Waals surface area contributed by atoms with E-state index in [9.17, 15) is 0 Å². The Morgan fingerprint density at radius 1 is 0.750 bits per heavy atom. The van der Waals surface area contributed by atoms with Crippen molar-refractivity contribution in [2.24, 2.45) is 0 Å². The van der Waals surface area contributed by atoms with Crippen molar-refractivity contribution in [1.29, 1.82) is 0 Å². The van der Waals surface area contributed by atoms with Gasteiger partial charge in [-0.1, -0.05) is 55.5 Å². The predicted octanol–water partition coefficient (Wildman–Crippen LogP) is 5.74. The zero-order valence-electron chi connectivity index (χ0n) is 13.2. The van der Waals surface area contributed by atoms with Crippen molar-refractivity contribution < 1.29 is 0 Å². The van der Waals surface area contributed by atoms with Gasteiger partial charge in [-0.15, -0.1) is 0 Å². The molecule has 0 fully saturated rings.